The van der Waals surface area contributed by atoms with Gasteiger partial charge in [-0.1, -0.05) is 0 Å². The number of piperazine rings is 1. The lowest BCUT2D eigenvalue weighted by Crippen LogP contribution is -2.51. The molecule has 2 aromatic rings. The van der Waals surface area contributed by atoms with E-state index in [1.165, 1.54) is 6.26 Å². The molecule has 0 spiro atoms. The van der Waals surface area contributed by atoms with Gasteiger partial charge in [-0.05, 0) is 49.6 Å². The summed E-state index contributed by atoms with van der Waals surface area (Å²) in [6.45, 7) is 2.71. The maximum atomic E-state index is 13.0. The minimum atomic E-state index is -0.153. The fraction of sp³-hybridized carbons (Fsp3) is 0.409. The molecule has 3 aliphatic heterocycles. The van der Waals surface area contributed by atoms with Crippen molar-refractivity contribution in [3.8, 4) is 0 Å². The summed E-state index contributed by atoms with van der Waals surface area (Å²) in [5, 5.41) is 2.98. The molecule has 0 unspecified atom stereocenters. The highest BCUT2D eigenvalue weighted by atomic mass is 16.3. The van der Waals surface area contributed by atoms with Crippen molar-refractivity contribution in [1.29, 1.82) is 0 Å². The molecule has 0 radical (unpaired) electrons. The number of benzene rings is 1. The van der Waals surface area contributed by atoms with Crippen LogP contribution in [0.1, 0.15) is 40.2 Å². The van der Waals surface area contributed by atoms with Gasteiger partial charge < -0.3 is 24.4 Å². The van der Waals surface area contributed by atoms with Crippen molar-refractivity contribution in [2.45, 2.75) is 25.3 Å². The Morgan fingerprint density at radius 2 is 1.73 bits per heavy atom. The first-order chi connectivity index (χ1) is 14.6. The van der Waals surface area contributed by atoms with Crippen LogP contribution in [0.5, 0.6) is 0 Å². The van der Waals surface area contributed by atoms with Crippen LogP contribution in [0.4, 0.5) is 11.4 Å². The van der Waals surface area contributed by atoms with Gasteiger partial charge in [0.25, 0.3) is 11.8 Å². The molecule has 3 amide bonds. The number of carbonyl (C=O) groups excluding carboxylic acids is 3. The average Bonchev–Trinajstić information content (AvgIpc) is 3.33. The van der Waals surface area contributed by atoms with Crippen molar-refractivity contribution >= 4 is 29.1 Å². The smallest absolute Gasteiger partial charge is 0.289 e. The molecule has 0 aliphatic carbocycles. The number of anilines is 2. The molecule has 8 nitrogen and oxygen atoms in total. The van der Waals surface area contributed by atoms with E-state index in [0.717, 1.165) is 31.5 Å². The number of amides is 3. The second-order valence-corrected chi connectivity index (χ2v) is 7.99. The number of rotatable bonds is 2. The Morgan fingerprint density at radius 3 is 2.47 bits per heavy atom. The van der Waals surface area contributed by atoms with Crippen molar-refractivity contribution in [2.75, 3.05) is 42.9 Å². The first-order valence-electron chi connectivity index (χ1n) is 10.5. The summed E-state index contributed by atoms with van der Waals surface area (Å²) in [5.41, 5.74) is 2.25. The van der Waals surface area contributed by atoms with Crippen LogP contribution in [0, 0.1) is 0 Å². The molecule has 2 fully saturated rings. The van der Waals surface area contributed by atoms with Crippen molar-refractivity contribution in [1.82, 2.24) is 9.80 Å². The van der Waals surface area contributed by atoms with Gasteiger partial charge in [0.1, 0.15) is 6.04 Å². The highest BCUT2D eigenvalue weighted by molar-refractivity contribution is 6.06. The summed E-state index contributed by atoms with van der Waals surface area (Å²) in [5.74, 6) is 0.0886. The van der Waals surface area contributed by atoms with Crippen LogP contribution in [0.3, 0.4) is 0 Å². The van der Waals surface area contributed by atoms with Gasteiger partial charge in [-0.25, -0.2) is 0 Å². The number of nitrogens with one attached hydrogen (secondary N) is 1. The lowest BCUT2D eigenvalue weighted by atomic mass is 9.96. The molecule has 8 heteroatoms. The Kier molecular flexibility index (Phi) is 4.69. The molecule has 1 aromatic heterocycles. The largest absolute Gasteiger partial charge is 0.459 e. The van der Waals surface area contributed by atoms with Crippen molar-refractivity contribution in [2.24, 2.45) is 0 Å². The minimum absolute atomic E-state index is 0.0110. The van der Waals surface area contributed by atoms with E-state index in [1.807, 2.05) is 12.1 Å². The molecule has 0 saturated carbocycles. The van der Waals surface area contributed by atoms with Gasteiger partial charge in [-0.3, -0.25) is 14.4 Å². The predicted molar refractivity (Wildman–Crippen MR) is 111 cm³/mol. The molecule has 1 N–H and O–H groups in total. The summed E-state index contributed by atoms with van der Waals surface area (Å²) < 4.78 is 5.18. The van der Waals surface area contributed by atoms with Gasteiger partial charge in [0.05, 0.1) is 17.6 Å². The molecular formula is C22H24N4O4. The lowest BCUT2D eigenvalue weighted by Gasteiger charge is -2.41. The van der Waals surface area contributed by atoms with Crippen molar-refractivity contribution in [3.05, 3.63) is 47.9 Å². The van der Waals surface area contributed by atoms with Gasteiger partial charge in [-0.2, -0.15) is 0 Å². The van der Waals surface area contributed by atoms with Crippen LogP contribution in [-0.2, 0) is 4.79 Å². The normalized spacial score (nSPS) is 21.0. The van der Waals surface area contributed by atoms with E-state index in [2.05, 4.69) is 10.2 Å². The summed E-state index contributed by atoms with van der Waals surface area (Å²) in [4.78, 5) is 43.5. The fourth-order valence-electron chi connectivity index (χ4n) is 4.58. The number of fused-ring (bicyclic) bond motifs is 3. The van der Waals surface area contributed by atoms with E-state index in [0.29, 0.717) is 43.2 Å². The highest BCUT2D eigenvalue weighted by Crippen LogP contribution is 2.36. The second-order valence-electron chi connectivity index (χ2n) is 7.99. The van der Waals surface area contributed by atoms with E-state index in [4.69, 9.17) is 4.42 Å². The highest BCUT2D eigenvalue weighted by Gasteiger charge is 2.35. The third-order valence-corrected chi connectivity index (χ3v) is 6.20. The molecular weight excluding hydrogens is 384 g/mol. The van der Waals surface area contributed by atoms with E-state index in [9.17, 15) is 14.4 Å². The lowest BCUT2D eigenvalue weighted by molar-refractivity contribution is -0.118. The molecule has 2 saturated heterocycles. The minimum Gasteiger partial charge on any atom is -0.459 e. The quantitative estimate of drug-likeness (QED) is 0.823. The van der Waals surface area contributed by atoms with Crippen LogP contribution in [0.25, 0.3) is 0 Å². The zero-order valence-corrected chi connectivity index (χ0v) is 16.7. The molecule has 156 valence electrons. The van der Waals surface area contributed by atoms with E-state index >= 15 is 0 Å². The van der Waals surface area contributed by atoms with Crippen LogP contribution in [-0.4, -0.2) is 66.3 Å². The van der Waals surface area contributed by atoms with Crippen molar-refractivity contribution in [3.63, 3.8) is 0 Å². The molecule has 1 atom stereocenters. The van der Waals surface area contributed by atoms with Crippen LogP contribution < -0.4 is 10.2 Å². The zero-order valence-electron chi connectivity index (χ0n) is 16.7. The second kappa shape index (κ2) is 7.51. The number of nitrogens with zero attached hydrogens (tertiary/aromatic N) is 3. The third kappa shape index (κ3) is 3.22. The number of piperidine rings is 1. The fourth-order valence-corrected chi connectivity index (χ4v) is 4.58. The van der Waals surface area contributed by atoms with Crippen LogP contribution >= 0.6 is 0 Å². The Hall–Kier alpha value is -3.29. The molecule has 5 rings (SSSR count). The van der Waals surface area contributed by atoms with Crippen LogP contribution in [0.2, 0.25) is 0 Å². The first-order valence-corrected chi connectivity index (χ1v) is 10.5. The first kappa shape index (κ1) is 18.7. The monoisotopic (exact) mass is 408 g/mol. The van der Waals surface area contributed by atoms with E-state index in [-0.39, 0.29) is 23.8 Å². The van der Waals surface area contributed by atoms with Gasteiger partial charge in [0.2, 0.25) is 5.91 Å². The summed E-state index contributed by atoms with van der Waals surface area (Å²) in [7, 11) is 0. The number of hydrogen-bond donors (Lipinski definition) is 1. The van der Waals surface area contributed by atoms with Crippen LogP contribution in [0.15, 0.2) is 41.0 Å². The number of carbonyl (C=O) groups is 3. The van der Waals surface area contributed by atoms with Gasteiger partial charge in [0.15, 0.2) is 5.76 Å². The zero-order chi connectivity index (χ0) is 20.7. The molecule has 1 aromatic carbocycles. The molecule has 3 aliphatic rings. The maximum absolute atomic E-state index is 13.0. The van der Waals surface area contributed by atoms with Gasteiger partial charge in [0, 0.05) is 38.3 Å². The molecule has 0 bridgehead atoms. The Labute approximate surface area is 174 Å². The standard InChI is InChI=1S/C22H24N4O4/c27-20-18-4-1-2-8-26(18)17-7-6-15(14-16(17)23-20)21(28)24-9-11-25(12-10-24)22(29)19-5-3-13-30-19/h3,5-7,13-14,18H,1-2,4,8-12H2,(H,23,27)/t18-/m1/s1. The topological polar surface area (TPSA) is 86.1 Å². The van der Waals surface area contributed by atoms with Crippen molar-refractivity contribution < 1.29 is 18.8 Å². The average molecular weight is 408 g/mol. The SMILES string of the molecule is O=C1Nc2cc(C(=O)N3CCN(C(=O)c4ccco4)CC3)ccc2N2CCCC[C@H]12. The Balaban J connectivity index is 1.28. The maximum Gasteiger partial charge on any atom is 0.289 e. The third-order valence-electron chi connectivity index (χ3n) is 6.20. The summed E-state index contributed by atoms with van der Waals surface area (Å²) in [6.07, 6.45) is 4.49. The molecule has 4 heterocycles. The Bertz CT molecular complexity index is 979. The number of furan rings is 1. The van der Waals surface area contributed by atoms with E-state index in [1.54, 1.807) is 28.0 Å². The number of hydrogen-bond acceptors (Lipinski definition) is 5. The Morgan fingerprint density at radius 1 is 0.967 bits per heavy atom. The summed E-state index contributed by atoms with van der Waals surface area (Å²) in [6, 6.07) is 8.79. The van der Waals surface area contributed by atoms with Gasteiger partial charge in [-0.15, -0.1) is 0 Å². The molecule has 30 heavy (non-hydrogen) atoms. The van der Waals surface area contributed by atoms with Gasteiger partial charge >= 0.3 is 0 Å². The van der Waals surface area contributed by atoms with E-state index < -0.39 is 0 Å². The predicted octanol–water partition coefficient (Wildman–Crippen LogP) is 2.19. The summed E-state index contributed by atoms with van der Waals surface area (Å²) >= 11 is 0.